The topological polar surface area (TPSA) is 56.0 Å². The van der Waals surface area contributed by atoms with E-state index in [4.69, 9.17) is 0 Å². The summed E-state index contributed by atoms with van der Waals surface area (Å²) >= 11 is 0. The lowest BCUT2D eigenvalue weighted by atomic mass is 10.1. The second kappa shape index (κ2) is 7.12. The van der Waals surface area contributed by atoms with Crippen LogP contribution >= 0.6 is 0 Å². The summed E-state index contributed by atoms with van der Waals surface area (Å²) in [7, 11) is 1.83. The van der Waals surface area contributed by atoms with Crippen LogP contribution in [0.1, 0.15) is 24.9 Å². The van der Waals surface area contributed by atoms with E-state index in [1.807, 2.05) is 67.4 Å². The molecule has 0 aliphatic heterocycles. The lowest BCUT2D eigenvalue weighted by Gasteiger charge is -2.24. The van der Waals surface area contributed by atoms with Crippen LogP contribution in [0.5, 0.6) is 0 Å². The lowest BCUT2D eigenvalue weighted by Crippen LogP contribution is -2.34. The first kappa shape index (κ1) is 16.0. The van der Waals surface area contributed by atoms with Crippen LogP contribution in [0.15, 0.2) is 61.2 Å². The fourth-order valence-corrected chi connectivity index (χ4v) is 2.81. The maximum Gasteiger partial charge on any atom is 0.247 e. The quantitative estimate of drug-likeness (QED) is 0.701. The van der Waals surface area contributed by atoms with Gasteiger partial charge >= 0.3 is 0 Å². The van der Waals surface area contributed by atoms with Crippen molar-refractivity contribution in [3.63, 3.8) is 0 Å². The number of carbonyl (C=O) groups excluding carboxylic acids is 1. The first-order chi connectivity index (χ1) is 11.7. The molecule has 0 saturated heterocycles. The molecular formula is C18H21N5O. The van der Waals surface area contributed by atoms with Crippen LogP contribution in [0.2, 0.25) is 0 Å². The van der Waals surface area contributed by atoms with E-state index < -0.39 is 0 Å². The number of para-hydroxylation sites is 1. The molecule has 1 atom stereocenters. The van der Waals surface area contributed by atoms with Crippen LogP contribution < -0.4 is 0 Å². The zero-order valence-electron chi connectivity index (χ0n) is 13.9. The van der Waals surface area contributed by atoms with Crippen molar-refractivity contribution in [1.29, 1.82) is 0 Å². The van der Waals surface area contributed by atoms with Gasteiger partial charge in [-0.1, -0.05) is 25.1 Å². The minimum absolute atomic E-state index is 0.0523. The summed E-state index contributed by atoms with van der Waals surface area (Å²) < 4.78 is 3.54. The van der Waals surface area contributed by atoms with Crippen molar-refractivity contribution in [1.82, 2.24) is 24.5 Å². The molecule has 0 N–H and O–H groups in total. The van der Waals surface area contributed by atoms with Gasteiger partial charge in [-0.25, -0.2) is 4.68 Å². The normalized spacial score (nSPS) is 12.1. The monoisotopic (exact) mass is 323 g/mol. The summed E-state index contributed by atoms with van der Waals surface area (Å²) in [6, 6.07) is 11.4. The van der Waals surface area contributed by atoms with E-state index in [9.17, 15) is 4.79 Å². The van der Waals surface area contributed by atoms with Crippen molar-refractivity contribution in [2.45, 2.75) is 25.9 Å². The number of benzene rings is 1. The maximum absolute atomic E-state index is 12.8. The van der Waals surface area contributed by atoms with Gasteiger partial charge in [-0.2, -0.15) is 10.2 Å². The third-order valence-corrected chi connectivity index (χ3v) is 4.04. The van der Waals surface area contributed by atoms with E-state index in [1.165, 1.54) is 0 Å². The first-order valence-corrected chi connectivity index (χ1v) is 8.02. The Morgan fingerprint density at radius 3 is 2.54 bits per heavy atom. The first-order valence-electron chi connectivity index (χ1n) is 8.02. The van der Waals surface area contributed by atoms with E-state index in [-0.39, 0.29) is 11.9 Å². The van der Waals surface area contributed by atoms with E-state index in [0.29, 0.717) is 13.0 Å². The second-order valence-corrected chi connectivity index (χ2v) is 5.68. The second-order valence-electron chi connectivity index (χ2n) is 5.68. The number of hydrogen-bond donors (Lipinski definition) is 0. The van der Waals surface area contributed by atoms with Crippen LogP contribution in [0.3, 0.4) is 0 Å². The number of aromatic nitrogens is 4. The van der Waals surface area contributed by atoms with Gasteiger partial charge in [-0.05, 0) is 30.2 Å². The highest BCUT2D eigenvalue weighted by Gasteiger charge is 2.23. The molecule has 0 aliphatic rings. The van der Waals surface area contributed by atoms with Crippen molar-refractivity contribution in [2.75, 3.05) is 7.05 Å². The Kier molecular flexibility index (Phi) is 4.74. The molecule has 1 amide bonds. The van der Waals surface area contributed by atoms with Crippen molar-refractivity contribution in [3.05, 3.63) is 66.7 Å². The average molecular weight is 323 g/mol. The van der Waals surface area contributed by atoms with Gasteiger partial charge in [0.05, 0.1) is 5.69 Å². The summed E-state index contributed by atoms with van der Waals surface area (Å²) in [6.45, 7) is 2.52. The Balaban J connectivity index is 1.80. The molecule has 24 heavy (non-hydrogen) atoms. The van der Waals surface area contributed by atoms with Gasteiger partial charge in [-0.3, -0.25) is 9.48 Å². The Morgan fingerprint density at radius 2 is 1.88 bits per heavy atom. The van der Waals surface area contributed by atoms with Crippen molar-refractivity contribution in [3.8, 4) is 5.69 Å². The van der Waals surface area contributed by atoms with Gasteiger partial charge < -0.3 is 4.90 Å². The average Bonchev–Trinajstić information content (AvgIpc) is 3.30. The van der Waals surface area contributed by atoms with Crippen LogP contribution in [-0.2, 0) is 11.3 Å². The van der Waals surface area contributed by atoms with Crippen molar-refractivity contribution >= 4 is 5.91 Å². The summed E-state index contributed by atoms with van der Waals surface area (Å²) in [5.41, 5.74) is 2.03. The van der Waals surface area contributed by atoms with Crippen molar-refractivity contribution in [2.24, 2.45) is 0 Å². The largest absolute Gasteiger partial charge is 0.339 e. The molecule has 0 bridgehead atoms. The van der Waals surface area contributed by atoms with E-state index >= 15 is 0 Å². The van der Waals surface area contributed by atoms with Gasteiger partial charge in [-0.15, -0.1) is 0 Å². The van der Waals surface area contributed by atoms with Gasteiger partial charge in [0, 0.05) is 38.4 Å². The maximum atomic E-state index is 12.8. The summed E-state index contributed by atoms with van der Waals surface area (Å²) in [5.74, 6) is 0.0523. The number of likely N-dealkylation sites (N-methyl/N-ethyl adjacent to an activating group) is 1. The molecule has 6 nitrogen and oxygen atoms in total. The predicted octanol–water partition coefficient (Wildman–Crippen LogP) is 2.68. The SMILES string of the molecule is CCC(C(=O)N(C)Cc1ccccc1-n1cccn1)n1cccn1. The smallest absolute Gasteiger partial charge is 0.247 e. The molecule has 3 rings (SSSR count). The molecular weight excluding hydrogens is 302 g/mol. The Morgan fingerprint density at radius 1 is 1.12 bits per heavy atom. The minimum Gasteiger partial charge on any atom is -0.339 e. The third kappa shape index (κ3) is 3.22. The standard InChI is InChI=1S/C18H21N5O/c1-3-16(22-12-6-10-19-22)18(24)21(2)14-15-8-4-5-9-17(15)23-13-7-11-20-23/h4-13,16H,3,14H2,1-2H3. The van der Waals surface area contributed by atoms with E-state index in [0.717, 1.165) is 11.3 Å². The zero-order chi connectivity index (χ0) is 16.9. The molecule has 1 unspecified atom stereocenters. The molecule has 0 aliphatic carbocycles. The molecule has 0 saturated carbocycles. The van der Waals surface area contributed by atoms with Crippen LogP contribution in [-0.4, -0.2) is 37.4 Å². The minimum atomic E-state index is -0.276. The highest BCUT2D eigenvalue weighted by Crippen LogP contribution is 2.18. The number of nitrogens with zero attached hydrogens (tertiary/aromatic N) is 5. The highest BCUT2D eigenvalue weighted by molar-refractivity contribution is 5.80. The van der Waals surface area contributed by atoms with Crippen LogP contribution in [0.4, 0.5) is 0 Å². The number of amides is 1. The molecule has 6 heteroatoms. The summed E-state index contributed by atoms with van der Waals surface area (Å²) in [4.78, 5) is 14.6. The van der Waals surface area contributed by atoms with Gasteiger partial charge in [0.1, 0.15) is 6.04 Å². The number of carbonyl (C=O) groups is 1. The van der Waals surface area contributed by atoms with Gasteiger partial charge in [0.25, 0.3) is 0 Å². The fraction of sp³-hybridized carbons (Fsp3) is 0.278. The number of rotatable bonds is 6. The van der Waals surface area contributed by atoms with E-state index in [1.54, 1.807) is 22.0 Å². The predicted molar refractivity (Wildman–Crippen MR) is 91.6 cm³/mol. The lowest BCUT2D eigenvalue weighted by molar-refractivity contribution is -0.134. The number of hydrogen-bond acceptors (Lipinski definition) is 3. The summed E-state index contributed by atoms with van der Waals surface area (Å²) in [5, 5.41) is 8.50. The van der Waals surface area contributed by atoms with Crippen LogP contribution in [0, 0.1) is 0 Å². The molecule has 0 spiro atoms. The Hall–Kier alpha value is -2.89. The Bertz CT molecular complexity index is 780. The fourth-order valence-electron chi connectivity index (χ4n) is 2.81. The molecule has 1 aromatic carbocycles. The zero-order valence-corrected chi connectivity index (χ0v) is 13.9. The van der Waals surface area contributed by atoms with Crippen LogP contribution in [0.25, 0.3) is 5.69 Å². The third-order valence-electron chi connectivity index (χ3n) is 4.04. The molecule has 2 aromatic heterocycles. The van der Waals surface area contributed by atoms with Gasteiger partial charge in [0.2, 0.25) is 5.91 Å². The molecule has 2 heterocycles. The molecule has 124 valence electrons. The Labute approximate surface area is 141 Å². The van der Waals surface area contributed by atoms with E-state index in [2.05, 4.69) is 10.2 Å². The van der Waals surface area contributed by atoms with Crippen molar-refractivity contribution < 1.29 is 4.79 Å². The highest BCUT2D eigenvalue weighted by atomic mass is 16.2. The van der Waals surface area contributed by atoms with Gasteiger partial charge in [0.15, 0.2) is 0 Å². The molecule has 0 fully saturated rings. The molecule has 0 radical (unpaired) electrons. The summed E-state index contributed by atoms with van der Waals surface area (Å²) in [6.07, 6.45) is 7.88. The molecule has 3 aromatic rings.